The number of aryl methyl sites for hydroxylation is 1. The van der Waals surface area contributed by atoms with E-state index in [0.29, 0.717) is 19.6 Å². The number of carboxylic acids is 1. The molecule has 0 spiro atoms. The highest BCUT2D eigenvalue weighted by atomic mass is 16.5. The number of hydrogen-bond acceptors (Lipinski definition) is 4. The first kappa shape index (κ1) is 16.7. The third-order valence-corrected chi connectivity index (χ3v) is 3.40. The maximum atomic E-state index is 11.4. The lowest BCUT2D eigenvalue weighted by Crippen LogP contribution is -2.22. The van der Waals surface area contributed by atoms with E-state index in [9.17, 15) is 9.90 Å². The molecular weight excluding hydrogens is 258 g/mol. The lowest BCUT2D eigenvalue weighted by atomic mass is 10.1. The van der Waals surface area contributed by atoms with Gasteiger partial charge in [-0.1, -0.05) is 13.3 Å². The topological polar surface area (TPSA) is 76.4 Å². The molecule has 1 rings (SSSR count). The highest BCUT2D eigenvalue weighted by Crippen LogP contribution is 2.21. The summed E-state index contributed by atoms with van der Waals surface area (Å²) in [6.45, 7) is 7.92. The summed E-state index contributed by atoms with van der Waals surface area (Å²) < 4.78 is 6.63. The number of aromatic nitrogens is 2. The molecule has 20 heavy (non-hydrogen) atoms. The van der Waals surface area contributed by atoms with Gasteiger partial charge < -0.3 is 15.2 Å². The number of ether oxygens (including phenoxy) is 1. The predicted octanol–water partition coefficient (Wildman–Crippen LogP) is 1.66. The first-order chi connectivity index (χ1) is 9.52. The van der Waals surface area contributed by atoms with Crippen molar-refractivity contribution in [2.75, 3.05) is 20.3 Å². The van der Waals surface area contributed by atoms with Crippen molar-refractivity contribution in [3.8, 4) is 0 Å². The maximum Gasteiger partial charge on any atom is 0.328 e. The van der Waals surface area contributed by atoms with E-state index in [1.54, 1.807) is 11.8 Å². The molecule has 0 saturated heterocycles. The SMILES string of the molecule is CCCC(C(=O)O)n1nc(C)c(CNCCOC)c1C. The van der Waals surface area contributed by atoms with Gasteiger partial charge in [0.15, 0.2) is 0 Å². The van der Waals surface area contributed by atoms with Gasteiger partial charge in [-0.25, -0.2) is 4.79 Å². The van der Waals surface area contributed by atoms with Crippen LogP contribution < -0.4 is 5.32 Å². The van der Waals surface area contributed by atoms with Crippen LogP contribution in [0, 0.1) is 13.8 Å². The summed E-state index contributed by atoms with van der Waals surface area (Å²) in [6, 6.07) is -0.577. The predicted molar refractivity (Wildman–Crippen MR) is 76.9 cm³/mol. The van der Waals surface area contributed by atoms with Crippen LogP contribution in [0.25, 0.3) is 0 Å². The van der Waals surface area contributed by atoms with Gasteiger partial charge in [-0.3, -0.25) is 4.68 Å². The molecule has 1 unspecified atom stereocenters. The van der Waals surface area contributed by atoms with E-state index in [0.717, 1.165) is 29.9 Å². The van der Waals surface area contributed by atoms with Crippen LogP contribution in [0.15, 0.2) is 0 Å². The van der Waals surface area contributed by atoms with E-state index in [4.69, 9.17) is 4.74 Å². The second-order valence-corrected chi connectivity index (χ2v) is 4.91. The first-order valence-corrected chi connectivity index (χ1v) is 6.99. The van der Waals surface area contributed by atoms with Crippen molar-refractivity contribution >= 4 is 5.97 Å². The number of carboxylic acid groups (broad SMARTS) is 1. The Morgan fingerprint density at radius 2 is 2.20 bits per heavy atom. The highest BCUT2D eigenvalue weighted by Gasteiger charge is 2.23. The van der Waals surface area contributed by atoms with Gasteiger partial charge in [-0.05, 0) is 20.3 Å². The van der Waals surface area contributed by atoms with Crippen molar-refractivity contribution in [2.45, 2.75) is 46.2 Å². The van der Waals surface area contributed by atoms with Crippen LogP contribution >= 0.6 is 0 Å². The second kappa shape index (κ2) is 8.01. The number of aliphatic carboxylic acids is 1. The van der Waals surface area contributed by atoms with Gasteiger partial charge in [-0.2, -0.15) is 5.10 Å². The van der Waals surface area contributed by atoms with Crippen LogP contribution in [-0.2, 0) is 16.1 Å². The molecule has 6 heteroatoms. The largest absolute Gasteiger partial charge is 0.480 e. The molecule has 1 atom stereocenters. The quantitative estimate of drug-likeness (QED) is 0.674. The van der Waals surface area contributed by atoms with E-state index >= 15 is 0 Å². The Kier molecular flexibility index (Phi) is 6.67. The van der Waals surface area contributed by atoms with Crippen molar-refractivity contribution < 1.29 is 14.6 Å². The Bertz CT molecular complexity index is 443. The van der Waals surface area contributed by atoms with Gasteiger partial charge in [0, 0.05) is 31.5 Å². The highest BCUT2D eigenvalue weighted by molar-refractivity contribution is 5.71. The summed E-state index contributed by atoms with van der Waals surface area (Å²) in [5.74, 6) is -0.823. The molecule has 1 aromatic heterocycles. The molecule has 0 aliphatic rings. The van der Waals surface area contributed by atoms with Crippen molar-refractivity contribution in [1.82, 2.24) is 15.1 Å². The molecule has 0 radical (unpaired) electrons. The lowest BCUT2D eigenvalue weighted by molar-refractivity contribution is -0.141. The van der Waals surface area contributed by atoms with Crippen molar-refractivity contribution in [1.29, 1.82) is 0 Å². The number of hydrogen-bond donors (Lipinski definition) is 2. The fourth-order valence-electron chi connectivity index (χ4n) is 2.27. The molecule has 0 aromatic carbocycles. The Balaban J connectivity index is 2.86. The molecule has 2 N–H and O–H groups in total. The monoisotopic (exact) mass is 283 g/mol. The van der Waals surface area contributed by atoms with Crippen molar-refractivity contribution in [3.05, 3.63) is 17.0 Å². The molecule has 0 saturated carbocycles. The Hall–Kier alpha value is -1.40. The first-order valence-electron chi connectivity index (χ1n) is 6.99. The number of methoxy groups -OCH3 is 1. The molecule has 0 fully saturated rings. The van der Waals surface area contributed by atoms with Crippen molar-refractivity contribution in [2.24, 2.45) is 0 Å². The summed E-state index contributed by atoms with van der Waals surface area (Å²) in [4.78, 5) is 11.4. The third kappa shape index (κ3) is 4.05. The van der Waals surface area contributed by atoms with Gasteiger partial charge in [0.05, 0.1) is 12.3 Å². The molecule has 1 aromatic rings. The molecule has 0 bridgehead atoms. The van der Waals surface area contributed by atoms with Gasteiger partial charge in [-0.15, -0.1) is 0 Å². The fourth-order valence-corrected chi connectivity index (χ4v) is 2.27. The summed E-state index contributed by atoms with van der Waals surface area (Å²) in [6.07, 6.45) is 1.41. The normalized spacial score (nSPS) is 12.6. The van der Waals surface area contributed by atoms with Gasteiger partial charge >= 0.3 is 5.97 Å². The van der Waals surface area contributed by atoms with Crippen LogP contribution in [0.5, 0.6) is 0 Å². The van der Waals surface area contributed by atoms with Crippen molar-refractivity contribution in [3.63, 3.8) is 0 Å². The summed E-state index contributed by atoms with van der Waals surface area (Å²) in [5.41, 5.74) is 2.88. The third-order valence-electron chi connectivity index (χ3n) is 3.40. The minimum Gasteiger partial charge on any atom is -0.480 e. The molecule has 0 amide bonds. The Labute approximate surface area is 120 Å². The average Bonchev–Trinajstić information content (AvgIpc) is 2.67. The summed E-state index contributed by atoms with van der Waals surface area (Å²) in [5, 5.41) is 17.0. The van der Waals surface area contributed by atoms with Crippen LogP contribution in [0.2, 0.25) is 0 Å². The van der Waals surface area contributed by atoms with E-state index in [2.05, 4.69) is 10.4 Å². The number of rotatable bonds is 9. The average molecular weight is 283 g/mol. The standard InChI is InChI=1S/C14H25N3O3/c1-5-6-13(14(18)19)17-11(3)12(10(2)16-17)9-15-7-8-20-4/h13,15H,5-9H2,1-4H3,(H,18,19). The zero-order chi connectivity index (χ0) is 15.1. The fraction of sp³-hybridized carbons (Fsp3) is 0.714. The number of nitrogens with one attached hydrogen (secondary N) is 1. The molecule has 6 nitrogen and oxygen atoms in total. The van der Waals surface area contributed by atoms with Crippen LogP contribution in [0.4, 0.5) is 0 Å². The van der Waals surface area contributed by atoms with E-state index in [-0.39, 0.29) is 0 Å². The molecule has 0 aliphatic heterocycles. The minimum atomic E-state index is -0.823. The van der Waals surface area contributed by atoms with Gasteiger partial charge in [0.1, 0.15) is 6.04 Å². The number of carbonyl (C=O) groups is 1. The second-order valence-electron chi connectivity index (χ2n) is 4.91. The smallest absolute Gasteiger partial charge is 0.328 e. The molecular formula is C14H25N3O3. The minimum absolute atomic E-state index is 0.577. The zero-order valence-corrected chi connectivity index (χ0v) is 12.8. The van der Waals surface area contributed by atoms with Crippen LogP contribution in [0.1, 0.15) is 42.8 Å². The molecule has 114 valence electrons. The van der Waals surface area contributed by atoms with Crippen LogP contribution in [-0.4, -0.2) is 41.1 Å². The molecule has 0 aliphatic carbocycles. The van der Waals surface area contributed by atoms with Gasteiger partial charge in [0.2, 0.25) is 0 Å². The summed E-state index contributed by atoms with van der Waals surface area (Å²) >= 11 is 0. The number of nitrogens with zero attached hydrogens (tertiary/aromatic N) is 2. The van der Waals surface area contributed by atoms with Crippen LogP contribution in [0.3, 0.4) is 0 Å². The maximum absolute atomic E-state index is 11.4. The molecule has 1 heterocycles. The Morgan fingerprint density at radius 1 is 1.50 bits per heavy atom. The Morgan fingerprint density at radius 3 is 2.75 bits per heavy atom. The van der Waals surface area contributed by atoms with E-state index < -0.39 is 12.0 Å². The lowest BCUT2D eigenvalue weighted by Gasteiger charge is -2.14. The van der Waals surface area contributed by atoms with Gasteiger partial charge in [0.25, 0.3) is 0 Å². The van der Waals surface area contributed by atoms with E-state index in [1.165, 1.54) is 0 Å². The zero-order valence-electron chi connectivity index (χ0n) is 12.8. The summed E-state index contributed by atoms with van der Waals surface area (Å²) in [7, 11) is 1.67. The van der Waals surface area contributed by atoms with E-state index in [1.807, 2.05) is 20.8 Å².